The zero-order chi connectivity index (χ0) is 9.97. The molecule has 0 amide bonds. The molecule has 2 atom stereocenters. The molecule has 3 rings (SSSR count). The summed E-state index contributed by atoms with van der Waals surface area (Å²) in [5.41, 5.74) is 3.02. The van der Waals surface area contributed by atoms with Gasteiger partial charge in [0, 0.05) is 0 Å². The van der Waals surface area contributed by atoms with Gasteiger partial charge in [0.1, 0.15) is 0 Å². The first kappa shape index (κ1) is 9.51. The third kappa shape index (κ3) is 1.39. The zero-order valence-electron chi connectivity index (χ0n) is 9.03. The van der Waals surface area contributed by atoms with E-state index in [2.05, 4.69) is 36.4 Å². The molecule has 1 aromatic rings. The molecular weight excluding hydrogens is 168 g/mol. The van der Waals surface area contributed by atoms with Gasteiger partial charge in [-0.05, 0) is 35.8 Å². The summed E-state index contributed by atoms with van der Waals surface area (Å²) in [6, 6.07) is 8.80. The first-order valence-electron chi connectivity index (χ1n) is 5.72. The molecule has 0 heteroatoms. The summed E-state index contributed by atoms with van der Waals surface area (Å²) >= 11 is 0. The highest BCUT2D eigenvalue weighted by Gasteiger charge is 2.33. The third-order valence-corrected chi connectivity index (χ3v) is 3.25. The van der Waals surface area contributed by atoms with E-state index in [9.17, 15) is 0 Å². The average molecular weight is 186 g/mol. The Labute approximate surface area is 86.7 Å². The molecule has 0 radical (unpaired) electrons. The number of hydrogen-bond acceptors (Lipinski definition) is 0. The number of fused-ring (bicyclic) bond motifs is 3. The van der Waals surface area contributed by atoms with Gasteiger partial charge in [-0.15, -0.1) is 0 Å². The minimum atomic E-state index is 0.853. The lowest BCUT2D eigenvalue weighted by molar-refractivity contribution is 0.314. The molecule has 0 aliphatic heterocycles. The maximum Gasteiger partial charge on any atom is -0.00927 e. The molecule has 74 valence electrons. The predicted octanol–water partition coefficient (Wildman–Crippen LogP) is 4.23. The fraction of sp³-hybridized carbons (Fsp3) is 0.429. The van der Waals surface area contributed by atoms with Gasteiger partial charge < -0.3 is 0 Å². The van der Waals surface area contributed by atoms with E-state index in [4.69, 9.17) is 0 Å². The third-order valence-electron chi connectivity index (χ3n) is 3.25. The summed E-state index contributed by atoms with van der Waals surface area (Å²) in [6.45, 7) is 4.00. The first-order valence-corrected chi connectivity index (χ1v) is 5.72. The minimum Gasteiger partial charge on any atom is -0.0802 e. The quantitative estimate of drug-likeness (QED) is 0.568. The van der Waals surface area contributed by atoms with E-state index < -0.39 is 0 Å². The van der Waals surface area contributed by atoms with Crippen molar-refractivity contribution in [3.8, 4) is 0 Å². The Morgan fingerprint density at radius 3 is 2.57 bits per heavy atom. The van der Waals surface area contributed by atoms with Crippen LogP contribution in [0, 0.1) is 5.92 Å². The first-order chi connectivity index (χ1) is 6.95. The largest absolute Gasteiger partial charge is 0.0802 e. The highest BCUT2D eigenvalue weighted by Crippen LogP contribution is 2.47. The topological polar surface area (TPSA) is 0 Å². The van der Waals surface area contributed by atoms with Crippen LogP contribution in [0.2, 0.25) is 0 Å². The molecule has 2 aliphatic rings. The second kappa shape index (κ2) is 4.00. The molecule has 1 fully saturated rings. The summed E-state index contributed by atoms with van der Waals surface area (Å²) in [4.78, 5) is 0. The Balaban J connectivity index is 0.000000354. The van der Waals surface area contributed by atoms with Crippen LogP contribution in [-0.2, 0) is 0 Å². The van der Waals surface area contributed by atoms with Gasteiger partial charge in [0.15, 0.2) is 0 Å². The summed E-state index contributed by atoms with van der Waals surface area (Å²) in [6.07, 6.45) is 7.47. The molecule has 0 N–H and O–H groups in total. The van der Waals surface area contributed by atoms with Crippen molar-refractivity contribution in [3.63, 3.8) is 0 Å². The van der Waals surface area contributed by atoms with Crippen molar-refractivity contribution < 1.29 is 0 Å². The maximum atomic E-state index is 2.39. The molecule has 2 unspecified atom stereocenters. The van der Waals surface area contributed by atoms with Crippen molar-refractivity contribution in [2.75, 3.05) is 0 Å². The van der Waals surface area contributed by atoms with Gasteiger partial charge in [-0.3, -0.25) is 0 Å². The summed E-state index contributed by atoms with van der Waals surface area (Å²) < 4.78 is 0. The van der Waals surface area contributed by atoms with Crippen LogP contribution in [0.3, 0.4) is 0 Å². The van der Waals surface area contributed by atoms with Gasteiger partial charge in [-0.2, -0.15) is 0 Å². The van der Waals surface area contributed by atoms with Crippen molar-refractivity contribution in [2.24, 2.45) is 5.92 Å². The van der Waals surface area contributed by atoms with Crippen molar-refractivity contribution in [1.29, 1.82) is 0 Å². The number of benzene rings is 1. The van der Waals surface area contributed by atoms with E-state index in [1.165, 1.54) is 18.4 Å². The Hall–Kier alpha value is -1.04. The minimum absolute atomic E-state index is 0.853. The molecule has 1 aromatic carbocycles. The number of hydrogen-bond donors (Lipinski definition) is 0. The fourth-order valence-electron chi connectivity index (χ4n) is 2.37. The average Bonchev–Trinajstić information content (AvgIpc) is 2.21. The SMILES string of the molecule is C1=CC2CCC2c2ccccc21.CC. The van der Waals surface area contributed by atoms with E-state index in [1.54, 1.807) is 5.56 Å². The Morgan fingerprint density at radius 1 is 1.07 bits per heavy atom. The normalized spacial score (nSPS) is 26.4. The summed E-state index contributed by atoms with van der Waals surface area (Å²) in [5.74, 6) is 1.71. The lowest BCUT2D eigenvalue weighted by atomic mass is 9.66. The van der Waals surface area contributed by atoms with Gasteiger partial charge in [0.2, 0.25) is 0 Å². The standard InChI is InChI=1S/C12H12.C2H6/c1-2-4-11-9(3-1)5-6-10-7-8-12(10)11;1-2/h1-6,10,12H,7-8H2;1-2H3. The summed E-state index contributed by atoms with van der Waals surface area (Å²) in [5, 5.41) is 0. The van der Waals surface area contributed by atoms with Gasteiger partial charge >= 0.3 is 0 Å². The van der Waals surface area contributed by atoms with Crippen molar-refractivity contribution >= 4 is 6.08 Å². The summed E-state index contributed by atoms with van der Waals surface area (Å²) in [7, 11) is 0. The van der Waals surface area contributed by atoms with E-state index in [1.807, 2.05) is 13.8 Å². The second-order valence-electron chi connectivity index (χ2n) is 3.84. The van der Waals surface area contributed by atoms with Crippen molar-refractivity contribution in [1.82, 2.24) is 0 Å². The van der Waals surface area contributed by atoms with Gasteiger partial charge in [0.05, 0.1) is 0 Å². The van der Waals surface area contributed by atoms with Crippen LogP contribution in [0.5, 0.6) is 0 Å². The van der Waals surface area contributed by atoms with Crippen LogP contribution in [0.15, 0.2) is 30.3 Å². The molecule has 0 spiro atoms. The highest BCUT2D eigenvalue weighted by atomic mass is 14.4. The molecule has 2 aliphatic carbocycles. The van der Waals surface area contributed by atoms with Crippen LogP contribution in [0.25, 0.3) is 6.08 Å². The van der Waals surface area contributed by atoms with Crippen LogP contribution in [-0.4, -0.2) is 0 Å². The Kier molecular flexibility index (Phi) is 2.72. The monoisotopic (exact) mass is 186 g/mol. The molecule has 0 saturated heterocycles. The van der Waals surface area contributed by atoms with Gasteiger partial charge in [-0.1, -0.05) is 50.3 Å². The molecule has 0 bridgehead atoms. The van der Waals surface area contributed by atoms with Crippen LogP contribution in [0.1, 0.15) is 43.7 Å². The van der Waals surface area contributed by atoms with Crippen LogP contribution >= 0.6 is 0 Å². The van der Waals surface area contributed by atoms with E-state index in [0.29, 0.717) is 0 Å². The number of allylic oxidation sites excluding steroid dienone is 1. The maximum absolute atomic E-state index is 2.39. The van der Waals surface area contributed by atoms with Crippen molar-refractivity contribution in [2.45, 2.75) is 32.6 Å². The smallest absolute Gasteiger partial charge is 0.00927 e. The lowest BCUT2D eigenvalue weighted by Gasteiger charge is -2.38. The van der Waals surface area contributed by atoms with Crippen LogP contribution in [0.4, 0.5) is 0 Å². The lowest BCUT2D eigenvalue weighted by Crippen LogP contribution is -2.24. The zero-order valence-corrected chi connectivity index (χ0v) is 9.03. The van der Waals surface area contributed by atoms with Crippen molar-refractivity contribution in [3.05, 3.63) is 41.5 Å². The highest BCUT2D eigenvalue weighted by molar-refractivity contribution is 5.59. The number of rotatable bonds is 0. The van der Waals surface area contributed by atoms with Gasteiger partial charge in [0.25, 0.3) is 0 Å². The molecular formula is C14H18. The molecule has 0 nitrogen and oxygen atoms in total. The molecule has 1 saturated carbocycles. The van der Waals surface area contributed by atoms with Gasteiger partial charge in [-0.25, -0.2) is 0 Å². The molecule has 0 heterocycles. The van der Waals surface area contributed by atoms with Crippen LogP contribution < -0.4 is 0 Å². The van der Waals surface area contributed by atoms with E-state index >= 15 is 0 Å². The van der Waals surface area contributed by atoms with E-state index in [0.717, 1.165) is 11.8 Å². The molecule has 0 aromatic heterocycles. The molecule has 14 heavy (non-hydrogen) atoms. The second-order valence-corrected chi connectivity index (χ2v) is 3.84. The Bertz CT molecular complexity index is 336. The Morgan fingerprint density at radius 2 is 1.86 bits per heavy atom. The van der Waals surface area contributed by atoms with E-state index in [-0.39, 0.29) is 0 Å². The fourth-order valence-corrected chi connectivity index (χ4v) is 2.37. The predicted molar refractivity (Wildman–Crippen MR) is 62.3 cm³/mol.